The van der Waals surface area contributed by atoms with E-state index in [0.29, 0.717) is 12.1 Å². The largest absolute Gasteiger partial charge is 0.416 e. The highest BCUT2D eigenvalue weighted by Crippen LogP contribution is 2.30. The molecule has 0 unspecified atom stereocenters. The van der Waals surface area contributed by atoms with Gasteiger partial charge in [-0.25, -0.2) is 0 Å². The number of hydrogen-bond acceptors (Lipinski definition) is 2. The van der Waals surface area contributed by atoms with Gasteiger partial charge in [0.2, 0.25) is 5.91 Å². The molecule has 25 heavy (non-hydrogen) atoms. The fourth-order valence-corrected chi connectivity index (χ4v) is 3.85. The summed E-state index contributed by atoms with van der Waals surface area (Å²) in [6.07, 6.45) is 1.71. The first-order valence-corrected chi connectivity index (χ1v) is 9.11. The third-order valence-corrected chi connectivity index (χ3v) is 5.32. The Balaban J connectivity index is 1.47. The molecule has 0 radical (unpaired) electrons. The van der Waals surface area contributed by atoms with Crippen LogP contribution in [0, 0.1) is 5.92 Å². The molecule has 1 aliphatic carbocycles. The summed E-state index contributed by atoms with van der Waals surface area (Å²) in [6.45, 7) is 2.12. The van der Waals surface area contributed by atoms with Crippen LogP contribution in [-0.2, 0) is 17.5 Å². The number of halogens is 3. The Morgan fingerprint density at radius 1 is 1.12 bits per heavy atom. The van der Waals surface area contributed by atoms with Crippen molar-refractivity contribution in [1.82, 2.24) is 10.2 Å². The van der Waals surface area contributed by atoms with Gasteiger partial charge in [0.05, 0.1) is 5.56 Å². The molecule has 6 heteroatoms. The lowest BCUT2D eigenvalue weighted by Gasteiger charge is -2.33. The maximum Gasteiger partial charge on any atom is 0.416 e. The van der Waals surface area contributed by atoms with E-state index in [1.807, 2.05) is 0 Å². The summed E-state index contributed by atoms with van der Waals surface area (Å²) in [5.74, 6) is 0.372. The van der Waals surface area contributed by atoms with Gasteiger partial charge in [0.1, 0.15) is 0 Å². The topological polar surface area (TPSA) is 32.3 Å². The second-order valence-electron chi connectivity index (χ2n) is 7.24. The van der Waals surface area contributed by atoms with Crippen molar-refractivity contribution in [2.24, 2.45) is 5.92 Å². The second kappa shape index (κ2) is 7.77. The summed E-state index contributed by atoms with van der Waals surface area (Å²) >= 11 is 0. The molecule has 1 saturated heterocycles. The minimum absolute atomic E-state index is 0.183. The zero-order valence-electron chi connectivity index (χ0n) is 14.3. The molecule has 1 aliphatic heterocycles. The van der Waals surface area contributed by atoms with Crippen LogP contribution >= 0.6 is 0 Å². The van der Waals surface area contributed by atoms with Gasteiger partial charge in [0.25, 0.3) is 0 Å². The Hall–Kier alpha value is -1.56. The summed E-state index contributed by atoms with van der Waals surface area (Å²) in [4.78, 5) is 14.3. The zero-order valence-corrected chi connectivity index (χ0v) is 14.3. The molecule has 2 fully saturated rings. The molecule has 1 amide bonds. The van der Waals surface area contributed by atoms with Crippen molar-refractivity contribution in [2.75, 3.05) is 13.1 Å². The van der Waals surface area contributed by atoms with Gasteiger partial charge in [-0.2, -0.15) is 13.2 Å². The molecule has 1 saturated carbocycles. The minimum Gasteiger partial charge on any atom is -0.353 e. The summed E-state index contributed by atoms with van der Waals surface area (Å²) < 4.78 is 38.4. The van der Waals surface area contributed by atoms with Crippen molar-refractivity contribution in [2.45, 2.75) is 57.3 Å². The first-order chi connectivity index (χ1) is 11.9. The molecule has 1 heterocycles. The van der Waals surface area contributed by atoms with Crippen molar-refractivity contribution >= 4 is 5.91 Å². The lowest BCUT2D eigenvalue weighted by atomic mass is 10.0. The Kier molecular flexibility index (Phi) is 5.67. The number of hydrogen-bond donors (Lipinski definition) is 1. The molecule has 1 aromatic carbocycles. The second-order valence-corrected chi connectivity index (χ2v) is 7.24. The average molecular weight is 354 g/mol. The van der Waals surface area contributed by atoms with Crippen LogP contribution in [0.15, 0.2) is 24.3 Å². The van der Waals surface area contributed by atoms with Gasteiger partial charge in [-0.15, -0.1) is 0 Å². The normalized spacial score (nSPS) is 20.8. The van der Waals surface area contributed by atoms with Crippen LogP contribution in [0.4, 0.5) is 13.2 Å². The number of nitrogens with one attached hydrogen (secondary N) is 1. The van der Waals surface area contributed by atoms with E-state index in [1.54, 1.807) is 6.07 Å². The highest BCUT2D eigenvalue weighted by atomic mass is 19.4. The fourth-order valence-electron chi connectivity index (χ4n) is 3.85. The number of carbonyl (C=O) groups is 1. The van der Waals surface area contributed by atoms with Gasteiger partial charge in [-0.3, -0.25) is 9.69 Å². The molecule has 0 atom stereocenters. The highest BCUT2D eigenvalue weighted by Gasteiger charge is 2.31. The molecular formula is C19H25F3N2O. The SMILES string of the molecule is O=C(NC1CCN(Cc2cccc(C(F)(F)F)c2)CC1)C1CCCC1. The smallest absolute Gasteiger partial charge is 0.353 e. The van der Waals surface area contributed by atoms with Crippen LogP contribution in [0.5, 0.6) is 0 Å². The van der Waals surface area contributed by atoms with Crippen LogP contribution in [0.25, 0.3) is 0 Å². The molecular weight excluding hydrogens is 329 g/mol. The first-order valence-electron chi connectivity index (χ1n) is 9.11. The minimum atomic E-state index is -4.30. The number of rotatable bonds is 4. The Labute approximate surface area is 146 Å². The third-order valence-electron chi connectivity index (χ3n) is 5.32. The van der Waals surface area contributed by atoms with Crippen molar-refractivity contribution in [3.8, 4) is 0 Å². The molecule has 0 aromatic heterocycles. The summed E-state index contributed by atoms with van der Waals surface area (Å²) in [7, 11) is 0. The first kappa shape index (κ1) is 18.2. The van der Waals surface area contributed by atoms with Crippen LogP contribution in [0.3, 0.4) is 0 Å². The van der Waals surface area contributed by atoms with Gasteiger partial charge in [-0.05, 0) is 37.3 Å². The van der Waals surface area contributed by atoms with Gasteiger partial charge >= 0.3 is 6.18 Å². The van der Waals surface area contributed by atoms with Gasteiger partial charge in [0.15, 0.2) is 0 Å². The molecule has 0 spiro atoms. The van der Waals surface area contributed by atoms with E-state index in [0.717, 1.165) is 57.7 Å². The van der Waals surface area contributed by atoms with Crippen molar-refractivity contribution in [3.05, 3.63) is 35.4 Å². The number of alkyl halides is 3. The average Bonchev–Trinajstić information content (AvgIpc) is 3.11. The number of nitrogens with zero attached hydrogens (tertiary/aromatic N) is 1. The molecule has 1 aromatic rings. The van der Waals surface area contributed by atoms with E-state index in [1.165, 1.54) is 12.1 Å². The van der Waals surface area contributed by atoms with E-state index in [4.69, 9.17) is 0 Å². The van der Waals surface area contributed by atoms with E-state index < -0.39 is 11.7 Å². The van der Waals surface area contributed by atoms with Gasteiger partial charge in [0, 0.05) is 31.6 Å². The van der Waals surface area contributed by atoms with Crippen LogP contribution in [0.1, 0.15) is 49.7 Å². The molecule has 138 valence electrons. The van der Waals surface area contributed by atoms with Crippen LogP contribution in [-0.4, -0.2) is 29.9 Å². The number of benzene rings is 1. The van der Waals surface area contributed by atoms with E-state index in [9.17, 15) is 18.0 Å². The standard InChI is InChI=1S/C19H25F3N2O/c20-19(21,22)16-7-3-4-14(12-16)13-24-10-8-17(9-11-24)23-18(25)15-5-1-2-6-15/h3-4,7,12,15,17H,1-2,5-6,8-11,13H2,(H,23,25). The van der Waals surface area contributed by atoms with E-state index >= 15 is 0 Å². The number of piperidine rings is 1. The molecule has 3 rings (SSSR count). The molecule has 2 aliphatic rings. The Morgan fingerprint density at radius 3 is 2.44 bits per heavy atom. The summed E-state index contributed by atoms with van der Waals surface area (Å²) in [5.41, 5.74) is 0.0898. The molecule has 1 N–H and O–H groups in total. The fraction of sp³-hybridized carbons (Fsp3) is 0.632. The predicted molar refractivity (Wildman–Crippen MR) is 89.8 cm³/mol. The monoisotopic (exact) mass is 354 g/mol. The number of carbonyl (C=O) groups excluding carboxylic acids is 1. The maximum atomic E-state index is 12.8. The van der Waals surface area contributed by atoms with Gasteiger partial charge in [-0.1, -0.05) is 31.0 Å². The Bertz CT molecular complexity index is 589. The lowest BCUT2D eigenvalue weighted by Crippen LogP contribution is -2.45. The number of amides is 1. The van der Waals surface area contributed by atoms with Crippen molar-refractivity contribution in [3.63, 3.8) is 0 Å². The quantitative estimate of drug-likeness (QED) is 0.887. The molecule has 3 nitrogen and oxygen atoms in total. The third kappa shape index (κ3) is 4.97. The summed E-state index contributed by atoms with van der Waals surface area (Å²) in [5, 5.41) is 3.16. The van der Waals surface area contributed by atoms with Crippen LogP contribution < -0.4 is 5.32 Å². The summed E-state index contributed by atoms with van der Waals surface area (Å²) in [6, 6.07) is 5.74. The zero-order chi connectivity index (χ0) is 17.9. The van der Waals surface area contributed by atoms with Crippen molar-refractivity contribution < 1.29 is 18.0 Å². The lowest BCUT2D eigenvalue weighted by molar-refractivity contribution is -0.137. The highest BCUT2D eigenvalue weighted by molar-refractivity contribution is 5.79. The maximum absolute atomic E-state index is 12.8. The van der Waals surface area contributed by atoms with Crippen molar-refractivity contribution in [1.29, 1.82) is 0 Å². The Morgan fingerprint density at radius 2 is 1.80 bits per heavy atom. The number of likely N-dealkylation sites (tertiary alicyclic amines) is 1. The van der Waals surface area contributed by atoms with E-state index in [-0.39, 0.29) is 17.9 Å². The predicted octanol–water partition coefficient (Wildman–Crippen LogP) is 3.98. The van der Waals surface area contributed by atoms with Crippen LogP contribution in [0.2, 0.25) is 0 Å². The van der Waals surface area contributed by atoms with Gasteiger partial charge < -0.3 is 5.32 Å². The van der Waals surface area contributed by atoms with E-state index in [2.05, 4.69) is 10.2 Å². The molecule has 0 bridgehead atoms.